The molecule has 0 radical (unpaired) electrons. The summed E-state index contributed by atoms with van der Waals surface area (Å²) in [6, 6.07) is 0.202. The van der Waals surface area contributed by atoms with Crippen LogP contribution in [0.5, 0.6) is 0 Å². The molecule has 0 aliphatic carbocycles. The highest BCUT2D eigenvalue weighted by Crippen LogP contribution is 2.15. The average Bonchev–Trinajstić information content (AvgIpc) is 2.53. The molecule has 0 aliphatic rings. The first-order valence-electron chi connectivity index (χ1n) is 4.86. The van der Waals surface area contributed by atoms with Crippen LogP contribution in [0.15, 0.2) is 18.7 Å². The molecule has 13 heavy (non-hydrogen) atoms. The quantitative estimate of drug-likeness (QED) is 0.693. The predicted octanol–water partition coefficient (Wildman–Crippen LogP) is 0.985. The molecule has 1 aromatic heterocycles. The van der Waals surface area contributed by atoms with Gasteiger partial charge < -0.3 is 5.11 Å². The highest BCUT2D eigenvalue weighted by Gasteiger charge is 2.19. The lowest BCUT2D eigenvalue weighted by Gasteiger charge is -2.13. The van der Waals surface area contributed by atoms with Gasteiger partial charge in [0.1, 0.15) is 18.4 Å². The molecule has 0 fully saturated rings. The van der Waals surface area contributed by atoms with Crippen molar-refractivity contribution in [3.63, 3.8) is 0 Å². The van der Waals surface area contributed by atoms with E-state index in [4.69, 9.17) is 0 Å². The predicted molar refractivity (Wildman–Crippen MR) is 51.3 cm³/mol. The minimum atomic E-state index is 0.202. The summed E-state index contributed by atoms with van der Waals surface area (Å²) < 4.78 is 4.18. The summed E-state index contributed by atoms with van der Waals surface area (Å²) in [4.78, 5) is 0. The third-order valence-corrected chi connectivity index (χ3v) is 2.42. The van der Waals surface area contributed by atoms with Gasteiger partial charge in [-0.1, -0.05) is 13.8 Å². The molecule has 1 heterocycles. The van der Waals surface area contributed by atoms with Crippen LogP contribution in [0.1, 0.15) is 26.8 Å². The summed E-state index contributed by atoms with van der Waals surface area (Å²) in [6.07, 6.45) is 6.09. The summed E-state index contributed by atoms with van der Waals surface area (Å²) in [5.41, 5.74) is 0. The van der Waals surface area contributed by atoms with Crippen LogP contribution >= 0.6 is 0 Å². The Kier molecular flexibility index (Phi) is 3.48. The van der Waals surface area contributed by atoms with Gasteiger partial charge in [0.2, 0.25) is 6.33 Å². The molecule has 3 nitrogen and oxygen atoms in total. The number of nitrogens with zero attached hydrogens (tertiary/aromatic N) is 2. The lowest BCUT2D eigenvalue weighted by atomic mass is 10.1. The number of hydrogen-bond acceptors (Lipinski definition) is 1. The molecule has 1 rings (SSSR count). The first kappa shape index (κ1) is 10.3. The zero-order valence-electron chi connectivity index (χ0n) is 8.64. The lowest BCUT2D eigenvalue weighted by Crippen LogP contribution is -2.30. The monoisotopic (exact) mass is 183 g/mol. The Bertz CT molecular complexity index is 255. The van der Waals surface area contributed by atoms with Crippen molar-refractivity contribution in [2.75, 3.05) is 6.61 Å². The maximum atomic E-state index is 9.20. The van der Waals surface area contributed by atoms with Gasteiger partial charge in [0.25, 0.3) is 0 Å². The first-order valence-corrected chi connectivity index (χ1v) is 4.86. The van der Waals surface area contributed by atoms with Crippen molar-refractivity contribution in [3.8, 4) is 0 Å². The Morgan fingerprint density at radius 1 is 1.46 bits per heavy atom. The number of aryl methyl sites for hydroxylation is 1. The second-order valence-electron chi connectivity index (χ2n) is 3.69. The van der Waals surface area contributed by atoms with Crippen LogP contribution < -0.4 is 4.57 Å². The maximum Gasteiger partial charge on any atom is 0.244 e. The van der Waals surface area contributed by atoms with Crippen LogP contribution in [0, 0.1) is 5.92 Å². The number of aliphatic hydroxyl groups excluding tert-OH is 1. The molecule has 1 atom stereocenters. The van der Waals surface area contributed by atoms with E-state index in [2.05, 4.69) is 29.9 Å². The molecular formula is C10H19N2O+. The molecule has 3 heteroatoms. The fourth-order valence-electron chi connectivity index (χ4n) is 1.44. The Labute approximate surface area is 79.6 Å². The van der Waals surface area contributed by atoms with E-state index < -0.39 is 0 Å². The molecule has 0 aromatic carbocycles. The van der Waals surface area contributed by atoms with Crippen molar-refractivity contribution in [1.29, 1.82) is 0 Å². The smallest absolute Gasteiger partial charge is 0.244 e. The van der Waals surface area contributed by atoms with E-state index >= 15 is 0 Å². The molecule has 0 unspecified atom stereocenters. The first-order chi connectivity index (χ1) is 6.19. The van der Waals surface area contributed by atoms with E-state index in [-0.39, 0.29) is 12.6 Å². The van der Waals surface area contributed by atoms with Crippen LogP contribution in [0.2, 0.25) is 0 Å². The van der Waals surface area contributed by atoms with Gasteiger partial charge in [-0.15, -0.1) is 0 Å². The van der Waals surface area contributed by atoms with Gasteiger partial charge in [0, 0.05) is 0 Å². The maximum absolute atomic E-state index is 9.20. The number of aromatic nitrogens is 2. The van der Waals surface area contributed by atoms with Crippen LogP contribution in [0.4, 0.5) is 0 Å². The van der Waals surface area contributed by atoms with Crippen molar-refractivity contribution in [1.82, 2.24) is 4.57 Å². The van der Waals surface area contributed by atoms with Crippen molar-refractivity contribution in [2.24, 2.45) is 5.92 Å². The van der Waals surface area contributed by atoms with E-state index in [1.54, 1.807) is 0 Å². The zero-order valence-corrected chi connectivity index (χ0v) is 8.64. The second kappa shape index (κ2) is 4.42. The Balaban J connectivity index is 2.79. The molecule has 0 saturated carbocycles. The molecule has 1 N–H and O–H groups in total. The molecule has 0 saturated heterocycles. The highest BCUT2D eigenvalue weighted by atomic mass is 16.3. The summed E-state index contributed by atoms with van der Waals surface area (Å²) in [7, 11) is 0. The van der Waals surface area contributed by atoms with Crippen molar-refractivity contribution in [2.45, 2.75) is 33.4 Å². The van der Waals surface area contributed by atoms with Crippen molar-refractivity contribution in [3.05, 3.63) is 18.7 Å². The van der Waals surface area contributed by atoms with E-state index in [0.717, 1.165) is 6.54 Å². The summed E-state index contributed by atoms with van der Waals surface area (Å²) >= 11 is 0. The molecule has 0 bridgehead atoms. The van der Waals surface area contributed by atoms with Gasteiger partial charge in [0.15, 0.2) is 0 Å². The largest absolute Gasteiger partial charge is 0.392 e. The number of imidazole rings is 1. The van der Waals surface area contributed by atoms with Crippen molar-refractivity contribution < 1.29 is 9.67 Å². The fraction of sp³-hybridized carbons (Fsp3) is 0.700. The Hall–Kier alpha value is -0.830. The molecule has 0 spiro atoms. The average molecular weight is 183 g/mol. The normalized spacial score (nSPS) is 13.6. The van der Waals surface area contributed by atoms with Gasteiger partial charge in [-0.05, 0) is 12.8 Å². The third kappa shape index (κ3) is 2.31. The summed E-state index contributed by atoms with van der Waals surface area (Å²) in [6.45, 7) is 7.53. The summed E-state index contributed by atoms with van der Waals surface area (Å²) in [5, 5.41) is 9.20. The Morgan fingerprint density at radius 2 is 2.15 bits per heavy atom. The topological polar surface area (TPSA) is 29.0 Å². The van der Waals surface area contributed by atoms with Gasteiger partial charge in [-0.2, -0.15) is 0 Å². The van der Waals surface area contributed by atoms with Gasteiger partial charge in [-0.25, -0.2) is 9.13 Å². The molecule has 1 aromatic rings. The van der Waals surface area contributed by atoms with E-state index in [1.165, 1.54) is 0 Å². The molecule has 0 amide bonds. The van der Waals surface area contributed by atoms with Crippen molar-refractivity contribution >= 4 is 0 Å². The number of aliphatic hydroxyl groups is 1. The van der Waals surface area contributed by atoms with E-state index in [9.17, 15) is 5.11 Å². The highest BCUT2D eigenvalue weighted by molar-refractivity contribution is 4.76. The van der Waals surface area contributed by atoms with Gasteiger partial charge in [0.05, 0.1) is 13.2 Å². The van der Waals surface area contributed by atoms with Crippen LogP contribution in [0.3, 0.4) is 0 Å². The minimum absolute atomic E-state index is 0.202. The van der Waals surface area contributed by atoms with Gasteiger partial charge in [-0.3, -0.25) is 0 Å². The number of hydrogen-bond donors (Lipinski definition) is 1. The van der Waals surface area contributed by atoms with Gasteiger partial charge >= 0.3 is 0 Å². The van der Waals surface area contributed by atoms with E-state index in [1.807, 2.05) is 18.7 Å². The standard InChI is InChI=1S/C10H19N2O/c1-4-11-5-6-12(8-11)10(7-13)9(2)3/h5-6,8-10,13H,4,7H2,1-3H3/q+1/t10-/m1/s1. The Morgan fingerprint density at radius 3 is 2.54 bits per heavy atom. The minimum Gasteiger partial charge on any atom is -0.392 e. The SMILES string of the molecule is CC[n+]1ccn([C@H](CO)C(C)C)c1. The van der Waals surface area contributed by atoms with Crippen LogP contribution in [-0.2, 0) is 6.54 Å². The fourth-order valence-corrected chi connectivity index (χ4v) is 1.44. The summed E-state index contributed by atoms with van der Waals surface area (Å²) in [5.74, 6) is 0.461. The molecule has 0 aliphatic heterocycles. The molecular weight excluding hydrogens is 164 g/mol. The third-order valence-electron chi connectivity index (χ3n) is 2.42. The second-order valence-corrected chi connectivity index (χ2v) is 3.69. The van der Waals surface area contributed by atoms with Crippen LogP contribution in [-0.4, -0.2) is 16.3 Å². The molecule has 74 valence electrons. The van der Waals surface area contributed by atoms with E-state index in [0.29, 0.717) is 5.92 Å². The number of rotatable bonds is 4. The lowest BCUT2D eigenvalue weighted by molar-refractivity contribution is -0.693. The zero-order chi connectivity index (χ0) is 9.84. The van der Waals surface area contributed by atoms with Crippen LogP contribution in [0.25, 0.3) is 0 Å².